The number of aromatic nitrogens is 2. The molecule has 0 fully saturated rings. The van der Waals surface area contributed by atoms with Crippen molar-refractivity contribution in [2.24, 2.45) is 0 Å². The number of thiophene rings is 1. The van der Waals surface area contributed by atoms with E-state index >= 15 is 0 Å². The van der Waals surface area contributed by atoms with Crippen LogP contribution in [0.4, 0.5) is 11.5 Å². The second-order valence-electron chi connectivity index (χ2n) is 6.43. The van der Waals surface area contributed by atoms with Crippen molar-refractivity contribution < 1.29 is 14.2 Å². The topological polar surface area (TPSA) is 65.5 Å². The second-order valence-corrected chi connectivity index (χ2v) is 7.29. The molecule has 0 amide bonds. The maximum atomic E-state index is 5.75. The van der Waals surface area contributed by atoms with Crippen LogP contribution in [0.1, 0.15) is 13.8 Å². The van der Waals surface area contributed by atoms with Gasteiger partial charge in [0.15, 0.2) is 11.5 Å². The number of fused-ring (bicyclic) bond motifs is 1. The van der Waals surface area contributed by atoms with E-state index in [4.69, 9.17) is 14.2 Å². The highest BCUT2D eigenvalue weighted by Crippen LogP contribution is 2.39. The molecular weight excluding hydrogens is 398 g/mol. The predicted molar refractivity (Wildman–Crippen MR) is 121 cm³/mol. The molecule has 0 saturated heterocycles. The maximum Gasteiger partial charge on any atom is 0.163 e. The molecule has 4 aromatic rings. The number of nitrogens with one attached hydrogen (secondary N) is 1. The largest absolute Gasteiger partial charge is 0.497 e. The summed E-state index contributed by atoms with van der Waals surface area (Å²) in [4.78, 5) is 9.89. The Morgan fingerprint density at radius 2 is 1.70 bits per heavy atom. The fourth-order valence-corrected chi connectivity index (χ4v) is 4.13. The van der Waals surface area contributed by atoms with Crippen LogP contribution in [0.2, 0.25) is 0 Å². The Morgan fingerprint density at radius 1 is 0.933 bits per heavy atom. The van der Waals surface area contributed by atoms with Crippen LogP contribution >= 0.6 is 11.3 Å². The lowest BCUT2D eigenvalue weighted by molar-refractivity contribution is 0.288. The first-order chi connectivity index (χ1) is 14.7. The van der Waals surface area contributed by atoms with Crippen LogP contribution in [0.3, 0.4) is 0 Å². The van der Waals surface area contributed by atoms with Crippen LogP contribution in [0.15, 0.2) is 54.2 Å². The van der Waals surface area contributed by atoms with Crippen molar-refractivity contribution in [1.29, 1.82) is 0 Å². The summed E-state index contributed by atoms with van der Waals surface area (Å²) < 4.78 is 16.7. The molecule has 154 valence electrons. The van der Waals surface area contributed by atoms with Gasteiger partial charge < -0.3 is 19.5 Å². The van der Waals surface area contributed by atoms with Gasteiger partial charge in [-0.25, -0.2) is 9.97 Å². The molecular formula is C23H23N3O3S. The van der Waals surface area contributed by atoms with Gasteiger partial charge in [-0.3, -0.25) is 0 Å². The fraction of sp³-hybridized carbons (Fsp3) is 0.217. The van der Waals surface area contributed by atoms with Crippen molar-refractivity contribution in [3.8, 4) is 28.4 Å². The average molecular weight is 422 g/mol. The summed E-state index contributed by atoms with van der Waals surface area (Å²) in [5, 5.41) is 6.52. The predicted octanol–water partition coefficient (Wildman–Crippen LogP) is 5.91. The first-order valence-electron chi connectivity index (χ1n) is 9.76. The van der Waals surface area contributed by atoms with E-state index in [1.165, 1.54) is 0 Å². The summed E-state index contributed by atoms with van der Waals surface area (Å²) in [6.45, 7) is 5.06. The molecule has 0 bridgehead atoms. The Hall–Kier alpha value is -3.32. The lowest BCUT2D eigenvalue weighted by Gasteiger charge is -2.14. The summed E-state index contributed by atoms with van der Waals surface area (Å²) in [5.74, 6) is 3.01. The maximum absolute atomic E-state index is 5.75. The number of methoxy groups -OCH3 is 1. The summed E-state index contributed by atoms with van der Waals surface area (Å²) in [7, 11) is 1.66. The number of nitrogens with zero attached hydrogens (tertiary/aromatic N) is 2. The molecule has 6 nitrogen and oxygen atoms in total. The highest BCUT2D eigenvalue weighted by atomic mass is 32.1. The summed E-state index contributed by atoms with van der Waals surface area (Å²) in [6.07, 6.45) is 1.58. The molecule has 0 aliphatic rings. The Balaban J connectivity index is 1.73. The van der Waals surface area contributed by atoms with Gasteiger partial charge in [-0.05, 0) is 43.7 Å². The molecule has 30 heavy (non-hydrogen) atoms. The molecule has 0 aliphatic carbocycles. The summed E-state index contributed by atoms with van der Waals surface area (Å²) in [5.41, 5.74) is 3.03. The zero-order chi connectivity index (χ0) is 20.9. The Bertz CT molecular complexity index is 1140. The number of hydrogen-bond donors (Lipinski definition) is 1. The Morgan fingerprint density at radius 3 is 2.43 bits per heavy atom. The first-order valence-corrected chi connectivity index (χ1v) is 10.6. The summed E-state index contributed by atoms with van der Waals surface area (Å²) >= 11 is 1.60. The zero-order valence-corrected chi connectivity index (χ0v) is 18.0. The van der Waals surface area contributed by atoms with Crippen LogP contribution in [-0.2, 0) is 0 Å². The molecule has 2 heterocycles. The number of anilines is 2. The van der Waals surface area contributed by atoms with Crippen LogP contribution in [-0.4, -0.2) is 30.3 Å². The molecule has 7 heteroatoms. The van der Waals surface area contributed by atoms with E-state index < -0.39 is 0 Å². The quantitative estimate of drug-likeness (QED) is 0.382. The molecule has 0 spiro atoms. The van der Waals surface area contributed by atoms with Gasteiger partial charge in [-0.1, -0.05) is 12.1 Å². The van der Waals surface area contributed by atoms with Crippen LogP contribution < -0.4 is 19.5 Å². The first kappa shape index (κ1) is 20.0. The number of hydrogen-bond acceptors (Lipinski definition) is 7. The van der Waals surface area contributed by atoms with Crippen molar-refractivity contribution in [3.63, 3.8) is 0 Å². The Labute approximate surface area is 179 Å². The van der Waals surface area contributed by atoms with Gasteiger partial charge >= 0.3 is 0 Å². The third-order valence-corrected chi connectivity index (χ3v) is 5.46. The fourth-order valence-electron chi connectivity index (χ4n) is 3.22. The minimum absolute atomic E-state index is 0.563. The van der Waals surface area contributed by atoms with Gasteiger partial charge in [0, 0.05) is 22.7 Å². The van der Waals surface area contributed by atoms with Crippen molar-refractivity contribution in [3.05, 3.63) is 54.2 Å². The minimum Gasteiger partial charge on any atom is -0.497 e. The van der Waals surface area contributed by atoms with Gasteiger partial charge in [0.05, 0.1) is 25.7 Å². The smallest absolute Gasteiger partial charge is 0.163 e. The lowest BCUT2D eigenvalue weighted by Crippen LogP contribution is -2.00. The van der Waals surface area contributed by atoms with Crippen molar-refractivity contribution in [1.82, 2.24) is 9.97 Å². The minimum atomic E-state index is 0.563. The van der Waals surface area contributed by atoms with Gasteiger partial charge in [0.25, 0.3) is 0 Å². The molecule has 0 unspecified atom stereocenters. The van der Waals surface area contributed by atoms with Crippen LogP contribution in [0.25, 0.3) is 21.3 Å². The van der Waals surface area contributed by atoms with E-state index in [9.17, 15) is 0 Å². The van der Waals surface area contributed by atoms with E-state index in [2.05, 4.69) is 20.7 Å². The normalized spacial score (nSPS) is 10.8. The molecule has 0 saturated carbocycles. The van der Waals surface area contributed by atoms with Gasteiger partial charge in [0.2, 0.25) is 0 Å². The standard InChI is InChI=1S/C23H23N3O3S/c1-4-28-19-11-8-16(12-20(19)29-5-2)26-22-21-18(13-30-23(21)25-14-24-22)15-6-9-17(27-3)10-7-15/h6-14H,4-5H2,1-3H3,(H,24,25,26). The molecule has 0 atom stereocenters. The average Bonchev–Trinajstić information content (AvgIpc) is 3.21. The van der Waals surface area contributed by atoms with E-state index in [-0.39, 0.29) is 0 Å². The monoisotopic (exact) mass is 421 g/mol. The summed E-state index contributed by atoms with van der Waals surface area (Å²) in [6, 6.07) is 13.8. The molecule has 4 rings (SSSR count). The van der Waals surface area contributed by atoms with E-state index in [0.717, 1.165) is 44.3 Å². The van der Waals surface area contributed by atoms with Crippen LogP contribution in [0.5, 0.6) is 17.2 Å². The van der Waals surface area contributed by atoms with E-state index in [1.54, 1.807) is 24.8 Å². The van der Waals surface area contributed by atoms with E-state index in [1.807, 2.05) is 56.3 Å². The van der Waals surface area contributed by atoms with E-state index in [0.29, 0.717) is 19.0 Å². The number of benzene rings is 2. The number of rotatable bonds is 8. The zero-order valence-electron chi connectivity index (χ0n) is 17.1. The van der Waals surface area contributed by atoms with Crippen molar-refractivity contribution in [2.75, 3.05) is 25.6 Å². The third-order valence-electron chi connectivity index (χ3n) is 4.58. The van der Waals surface area contributed by atoms with Gasteiger partial charge in [0.1, 0.15) is 22.7 Å². The molecule has 0 aliphatic heterocycles. The molecule has 2 aromatic heterocycles. The van der Waals surface area contributed by atoms with Crippen molar-refractivity contribution in [2.45, 2.75) is 13.8 Å². The highest BCUT2D eigenvalue weighted by Gasteiger charge is 2.14. The highest BCUT2D eigenvalue weighted by molar-refractivity contribution is 7.17. The molecule has 2 aromatic carbocycles. The SMILES string of the molecule is CCOc1ccc(Nc2ncnc3scc(-c4ccc(OC)cc4)c23)cc1OCC. The van der Waals surface area contributed by atoms with Gasteiger partial charge in [-0.15, -0.1) is 11.3 Å². The van der Waals surface area contributed by atoms with Gasteiger partial charge in [-0.2, -0.15) is 0 Å². The third kappa shape index (κ3) is 4.02. The Kier molecular flexibility index (Phi) is 5.99. The second kappa shape index (κ2) is 9.00. The molecule has 0 radical (unpaired) electrons. The number of ether oxygens (including phenoxy) is 3. The van der Waals surface area contributed by atoms with Crippen LogP contribution in [0, 0.1) is 0 Å². The lowest BCUT2D eigenvalue weighted by atomic mass is 10.1. The van der Waals surface area contributed by atoms with Crippen molar-refractivity contribution >= 4 is 33.1 Å². The molecule has 1 N–H and O–H groups in total.